The fourth-order valence-electron chi connectivity index (χ4n) is 11.0. The predicted octanol–water partition coefficient (Wildman–Crippen LogP) is 19.2. The van der Waals surface area contributed by atoms with Gasteiger partial charge in [-0.1, -0.05) is 209 Å². The van der Waals surface area contributed by atoms with E-state index in [9.17, 15) is 0 Å². The number of nitrogens with zero attached hydrogens (tertiary/aromatic N) is 4. The van der Waals surface area contributed by atoms with Crippen LogP contribution in [0.2, 0.25) is 0 Å². The average molecular weight is 984 g/mol. The molecule has 0 amide bonds. The highest BCUT2D eigenvalue weighted by Crippen LogP contribution is 2.51. The second kappa shape index (κ2) is 19.1. The average Bonchev–Trinajstić information content (AvgIpc) is 4.16. The van der Waals surface area contributed by atoms with E-state index in [1.807, 2.05) is 42.5 Å². The molecule has 0 saturated heterocycles. The molecule has 0 N–H and O–H groups in total. The molecule has 0 spiro atoms. The molecule has 76 heavy (non-hydrogen) atoms. The van der Waals surface area contributed by atoms with Gasteiger partial charge in [0.05, 0.1) is 28.1 Å². The first-order valence-corrected chi connectivity index (χ1v) is 26.0. The number of aryl methyl sites for hydroxylation is 1. The Hall–Kier alpha value is -9.45. The molecule has 5 nitrogen and oxygen atoms in total. The fraction of sp³-hybridized carbons (Fsp3) is 0.0845. The van der Waals surface area contributed by atoms with Gasteiger partial charge < -0.3 is 14.5 Å². The van der Waals surface area contributed by atoms with E-state index < -0.39 is 6.85 Å². The van der Waals surface area contributed by atoms with Crippen LogP contribution >= 0.6 is 0 Å². The van der Waals surface area contributed by atoms with E-state index in [0.717, 1.165) is 100 Å². The summed E-state index contributed by atoms with van der Waals surface area (Å²) >= 11 is 0. The van der Waals surface area contributed by atoms with Gasteiger partial charge in [0.15, 0.2) is 0 Å². The maximum atomic E-state index is 8.81. The summed E-state index contributed by atoms with van der Waals surface area (Å²) in [5.74, 6) is 1.83. The molecular formula is C71H56N4O. The van der Waals surface area contributed by atoms with E-state index in [2.05, 4.69) is 235 Å². The van der Waals surface area contributed by atoms with Gasteiger partial charge in [-0.3, -0.25) is 4.57 Å². The van der Waals surface area contributed by atoms with Crippen molar-refractivity contribution in [2.24, 2.45) is 0 Å². The summed E-state index contributed by atoms with van der Waals surface area (Å²) in [6, 6.07) is 86.3. The Balaban J connectivity index is 0.997. The highest BCUT2D eigenvalue weighted by molar-refractivity contribution is 6.12. The van der Waals surface area contributed by atoms with Crippen LogP contribution in [0.5, 0.6) is 11.5 Å². The molecule has 0 radical (unpaired) electrons. The SMILES string of the molecule is [2H]C([2H])([2H])c1cc(-n2c3ccc(-c4ccccc4)cc3c3cc(-c4ccccc4)c(Oc4cc(N5CN(c6c(-c7ccccc7)cccc6-c6ccccc6)c6ccccc65)cc(C(C)(C)C)c4)cc32)ncc1-c1ccccc1. The lowest BCUT2D eigenvalue weighted by Gasteiger charge is -2.28. The van der Waals surface area contributed by atoms with E-state index in [-0.39, 0.29) is 11.0 Å². The van der Waals surface area contributed by atoms with Gasteiger partial charge in [-0.15, -0.1) is 0 Å². The van der Waals surface area contributed by atoms with Crippen molar-refractivity contribution in [2.75, 3.05) is 16.5 Å². The molecule has 5 heteroatoms. The quantitative estimate of drug-likeness (QED) is 0.137. The van der Waals surface area contributed by atoms with E-state index in [1.165, 1.54) is 0 Å². The van der Waals surface area contributed by atoms with Crippen LogP contribution in [0.1, 0.15) is 36.0 Å². The normalized spacial score (nSPS) is 13.1. The van der Waals surface area contributed by atoms with Crippen molar-refractivity contribution in [2.45, 2.75) is 33.0 Å². The lowest BCUT2D eigenvalue weighted by Crippen LogP contribution is -2.25. The van der Waals surface area contributed by atoms with E-state index in [0.29, 0.717) is 29.5 Å². The van der Waals surface area contributed by atoms with Crippen LogP contribution < -0.4 is 14.5 Å². The molecule has 366 valence electrons. The van der Waals surface area contributed by atoms with E-state index >= 15 is 0 Å². The number of ether oxygens (including phenoxy) is 1. The van der Waals surface area contributed by atoms with Crippen LogP contribution in [0.15, 0.2) is 255 Å². The number of anilines is 4. The number of fused-ring (bicyclic) bond motifs is 4. The monoisotopic (exact) mass is 983 g/mol. The molecular weight excluding hydrogens is 925 g/mol. The Morgan fingerprint density at radius 3 is 1.58 bits per heavy atom. The summed E-state index contributed by atoms with van der Waals surface area (Å²) in [4.78, 5) is 9.97. The number of hydrogen-bond acceptors (Lipinski definition) is 4. The fourth-order valence-corrected chi connectivity index (χ4v) is 11.0. The molecule has 0 unspecified atom stereocenters. The first-order valence-electron chi connectivity index (χ1n) is 27.5. The minimum Gasteiger partial charge on any atom is -0.457 e. The van der Waals surface area contributed by atoms with Crippen molar-refractivity contribution in [1.29, 1.82) is 0 Å². The van der Waals surface area contributed by atoms with Gasteiger partial charge in [-0.05, 0) is 105 Å². The third-order valence-corrected chi connectivity index (χ3v) is 14.8. The number of pyridine rings is 1. The summed E-state index contributed by atoms with van der Waals surface area (Å²) < 4.78 is 36.0. The van der Waals surface area contributed by atoms with Gasteiger partial charge in [-0.25, -0.2) is 4.98 Å². The second-order valence-corrected chi connectivity index (χ2v) is 20.6. The van der Waals surface area contributed by atoms with Crippen LogP contribution in [0.4, 0.5) is 22.7 Å². The highest BCUT2D eigenvalue weighted by atomic mass is 16.5. The minimum absolute atomic E-state index is 0.227. The Bertz CT molecular complexity index is 4150. The summed E-state index contributed by atoms with van der Waals surface area (Å²) in [6.45, 7) is 4.87. The first-order chi connectivity index (χ1) is 38.4. The van der Waals surface area contributed by atoms with Gasteiger partial charge in [0, 0.05) is 61.2 Å². The van der Waals surface area contributed by atoms with E-state index in [4.69, 9.17) is 13.8 Å². The first kappa shape index (κ1) is 43.0. The number of hydrogen-bond donors (Lipinski definition) is 0. The van der Waals surface area contributed by atoms with E-state index in [1.54, 1.807) is 12.3 Å². The largest absolute Gasteiger partial charge is 0.457 e. The van der Waals surface area contributed by atoms with Crippen molar-refractivity contribution in [3.63, 3.8) is 0 Å². The lowest BCUT2D eigenvalue weighted by molar-refractivity contribution is 0.481. The predicted molar refractivity (Wildman–Crippen MR) is 318 cm³/mol. The molecule has 0 bridgehead atoms. The van der Waals surface area contributed by atoms with Gasteiger partial charge in [-0.2, -0.15) is 0 Å². The van der Waals surface area contributed by atoms with Gasteiger partial charge in [0.2, 0.25) is 0 Å². The van der Waals surface area contributed by atoms with Gasteiger partial charge in [0.25, 0.3) is 0 Å². The topological polar surface area (TPSA) is 33.5 Å². The van der Waals surface area contributed by atoms with Crippen molar-refractivity contribution in [3.05, 3.63) is 266 Å². The van der Waals surface area contributed by atoms with Gasteiger partial charge >= 0.3 is 0 Å². The third kappa shape index (κ3) is 8.46. The third-order valence-electron chi connectivity index (χ3n) is 14.8. The van der Waals surface area contributed by atoms with Crippen LogP contribution in [0.3, 0.4) is 0 Å². The molecule has 0 aliphatic carbocycles. The van der Waals surface area contributed by atoms with Crippen LogP contribution in [-0.2, 0) is 5.41 Å². The molecule has 1 aliphatic rings. The Labute approximate surface area is 449 Å². The van der Waals surface area contributed by atoms with Crippen molar-refractivity contribution in [1.82, 2.24) is 9.55 Å². The van der Waals surface area contributed by atoms with Gasteiger partial charge in [0.1, 0.15) is 24.0 Å². The van der Waals surface area contributed by atoms with Crippen molar-refractivity contribution >= 4 is 44.6 Å². The molecule has 10 aromatic carbocycles. The zero-order chi connectivity index (χ0) is 53.8. The molecule has 2 aromatic heterocycles. The minimum atomic E-state index is -2.42. The molecule has 0 atom stereocenters. The standard InChI is InChI=1S/C71H56N4O/c1-48-39-69(72-46-63(48)53-31-18-9-19-32-53)75-64-38-37-54(49-23-10-5-11-24-49)40-61(64)62-44-60(52-29-16-8-17-30-52)68(45-67(62)75)76-57-42-55(71(2,3)4)41-56(43-57)73-47-74(66-36-21-20-35-65(66)73)70-58(50-25-12-6-13-26-50)33-22-34-59(70)51-27-14-7-15-28-51/h5-46H,47H2,1-4H3/i1D3. The van der Waals surface area contributed by atoms with Crippen molar-refractivity contribution < 1.29 is 8.85 Å². The summed E-state index contributed by atoms with van der Waals surface area (Å²) in [6.07, 6.45) is 1.71. The number of benzene rings is 10. The second-order valence-electron chi connectivity index (χ2n) is 20.6. The maximum Gasteiger partial charge on any atom is 0.137 e. The highest BCUT2D eigenvalue weighted by Gasteiger charge is 2.32. The van der Waals surface area contributed by atoms with Crippen LogP contribution in [0, 0.1) is 6.85 Å². The molecule has 0 fully saturated rings. The molecule has 0 saturated carbocycles. The maximum absolute atomic E-state index is 8.81. The lowest BCUT2D eigenvalue weighted by atomic mass is 9.86. The van der Waals surface area contributed by atoms with Crippen molar-refractivity contribution in [3.8, 4) is 73.0 Å². The zero-order valence-corrected chi connectivity index (χ0v) is 42.7. The molecule has 3 heterocycles. The van der Waals surface area contributed by atoms with Crippen LogP contribution in [0.25, 0.3) is 83.3 Å². The number of rotatable bonds is 10. The number of para-hydroxylation sites is 3. The molecule has 1 aliphatic heterocycles. The summed E-state index contributed by atoms with van der Waals surface area (Å²) in [5, 5.41) is 1.98. The summed E-state index contributed by atoms with van der Waals surface area (Å²) in [5.41, 5.74) is 17.2. The zero-order valence-electron chi connectivity index (χ0n) is 45.7. The molecule has 12 aromatic rings. The van der Waals surface area contributed by atoms with Crippen LogP contribution in [-0.4, -0.2) is 16.2 Å². The smallest absolute Gasteiger partial charge is 0.137 e. The molecule has 13 rings (SSSR count). The number of aromatic nitrogens is 2. The summed E-state index contributed by atoms with van der Waals surface area (Å²) in [7, 11) is 0. The Kier molecular flexibility index (Phi) is 10.8. The Morgan fingerprint density at radius 1 is 0.447 bits per heavy atom. The Morgan fingerprint density at radius 2 is 0.987 bits per heavy atom.